The van der Waals surface area contributed by atoms with E-state index in [0.29, 0.717) is 5.69 Å². The molecule has 2 aromatic rings. The fraction of sp³-hybridized carbons (Fsp3) is 0.143. The molecule has 0 radical (unpaired) electrons. The predicted octanol–water partition coefficient (Wildman–Crippen LogP) is 1.13. The first-order valence-electron chi connectivity index (χ1n) is 3.45. The number of anilines is 1. The van der Waals surface area contributed by atoms with Crippen molar-refractivity contribution in [1.82, 2.24) is 14.8 Å². The van der Waals surface area contributed by atoms with Gasteiger partial charge in [0.05, 0.1) is 22.3 Å². The standard InChI is InChI=1S/C7H8N4S/c1-11-7(5(8)2-10-11)6-3-9-4-12-6/h2-4H,8H2,1H3. The van der Waals surface area contributed by atoms with Gasteiger partial charge in [0.25, 0.3) is 0 Å². The first kappa shape index (κ1) is 7.30. The summed E-state index contributed by atoms with van der Waals surface area (Å²) < 4.78 is 1.75. The maximum Gasteiger partial charge on any atom is 0.102 e. The number of nitrogens with zero attached hydrogens (tertiary/aromatic N) is 3. The van der Waals surface area contributed by atoms with Crippen molar-refractivity contribution in [2.24, 2.45) is 7.05 Å². The van der Waals surface area contributed by atoms with E-state index in [-0.39, 0.29) is 0 Å². The first-order chi connectivity index (χ1) is 5.79. The predicted molar refractivity (Wildman–Crippen MR) is 48.7 cm³/mol. The highest BCUT2D eigenvalue weighted by Gasteiger charge is 2.08. The molecule has 0 fully saturated rings. The van der Waals surface area contributed by atoms with Crippen molar-refractivity contribution in [2.75, 3.05) is 5.73 Å². The second kappa shape index (κ2) is 2.60. The second-order valence-corrected chi connectivity index (χ2v) is 3.32. The highest BCUT2D eigenvalue weighted by Crippen LogP contribution is 2.27. The molecule has 0 aliphatic rings. The van der Waals surface area contributed by atoms with Crippen LogP contribution in [0.4, 0.5) is 5.69 Å². The Balaban J connectivity index is 2.60. The van der Waals surface area contributed by atoms with E-state index in [9.17, 15) is 0 Å². The SMILES string of the molecule is Cn1ncc(N)c1-c1cncs1. The third-order valence-corrected chi connectivity index (χ3v) is 2.41. The molecule has 0 unspecified atom stereocenters. The molecule has 4 nitrogen and oxygen atoms in total. The number of thiazole rings is 1. The van der Waals surface area contributed by atoms with Crippen LogP contribution in [0.3, 0.4) is 0 Å². The molecule has 0 saturated carbocycles. The third-order valence-electron chi connectivity index (χ3n) is 1.63. The molecule has 2 rings (SSSR count). The summed E-state index contributed by atoms with van der Waals surface area (Å²) in [6.45, 7) is 0. The van der Waals surface area contributed by atoms with Crippen molar-refractivity contribution in [3.63, 3.8) is 0 Å². The zero-order valence-corrected chi connectivity index (χ0v) is 7.38. The van der Waals surface area contributed by atoms with Crippen LogP contribution in [0.2, 0.25) is 0 Å². The van der Waals surface area contributed by atoms with E-state index in [4.69, 9.17) is 5.73 Å². The van der Waals surface area contributed by atoms with Gasteiger partial charge in [-0.15, -0.1) is 11.3 Å². The zero-order valence-electron chi connectivity index (χ0n) is 6.56. The summed E-state index contributed by atoms with van der Waals surface area (Å²) in [6, 6.07) is 0. The number of rotatable bonds is 1. The molecule has 0 aliphatic carbocycles. The van der Waals surface area contributed by atoms with E-state index in [1.165, 1.54) is 0 Å². The molecule has 0 spiro atoms. The lowest BCUT2D eigenvalue weighted by molar-refractivity contribution is 0.777. The van der Waals surface area contributed by atoms with E-state index >= 15 is 0 Å². The Morgan fingerprint density at radius 2 is 2.33 bits per heavy atom. The molecule has 12 heavy (non-hydrogen) atoms. The Morgan fingerprint density at radius 1 is 1.50 bits per heavy atom. The van der Waals surface area contributed by atoms with Gasteiger partial charge in [0.2, 0.25) is 0 Å². The monoisotopic (exact) mass is 180 g/mol. The molecule has 2 N–H and O–H groups in total. The van der Waals surface area contributed by atoms with Crippen LogP contribution in [0.25, 0.3) is 10.6 Å². The minimum absolute atomic E-state index is 0.696. The number of hydrogen-bond donors (Lipinski definition) is 1. The lowest BCUT2D eigenvalue weighted by atomic mass is 10.3. The molecule has 0 atom stereocenters. The van der Waals surface area contributed by atoms with Crippen LogP contribution in [-0.4, -0.2) is 14.8 Å². The van der Waals surface area contributed by atoms with E-state index in [2.05, 4.69) is 10.1 Å². The van der Waals surface area contributed by atoms with Gasteiger partial charge in [-0.05, 0) is 0 Å². The maximum absolute atomic E-state index is 5.73. The molecule has 0 bridgehead atoms. The van der Waals surface area contributed by atoms with Crippen molar-refractivity contribution in [3.8, 4) is 10.6 Å². The number of hydrogen-bond acceptors (Lipinski definition) is 4. The van der Waals surface area contributed by atoms with Crippen LogP contribution < -0.4 is 5.73 Å². The van der Waals surface area contributed by atoms with Gasteiger partial charge < -0.3 is 5.73 Å². The van der Waals surface area contributed by atoms with Gasteiger partial charge in [0.15, 0.2) is 0 Å². The van der Waals surface area contributed by atoms with Gasteiger partial charge in [-0.3, -0.25) is 9.67 Å². The van der Waals surface area contributed by atoms with Crippen molar-refractivity contribution in [3.05, 3.63) is 17.9 Å². The Hall–Kier alpha value is -1.36. The Morgan fingerprint density at radius 3 is 2.83 bits per heavy atom. The maximum atomic E-state index is 5.73. The van der Waals surface area contributed by atoms with Crippen LogP contribution in [0.1, 0.15) is 0 Å². The summed E-state index contributed by atoms with van der Waals surface area (Å²) in [5.41, 5.74) is 9.15. The third kappa shape index (κ3) is 0.984. The summed E-state index contributed by atoms with van der Waals surface area (Å²) in [4.78, 5) is 5.03. The molecular weight excluding hydrogens is 172 g/mol. The van der Waals surface area contributed by atoms with Crippen LogP contribution in [0, 0.1) is 0 Å². The average Bonchev–Trinajstić information content (AvgIpc) is 2.61. The lowest BCUT2D eigenvalue weighted by Crippen LogP contribution is -1.93. The lowest BCUT2D eigenvalue weighted by Gasteiger charge is -1.97. The highest BCUT2D eigenvalue weighted by atomic mass is 32.1. The van der Waals surface area contributed by atoms with Gasteiger partial charge >= 0.3 is 0 Å². The van der Waals surface area contributed by atoms with Crippen molar-refractivity contribution >= 4 is 17.0 Å². The van der Waals surface area contributed by atoms with E-state index in [1.54, 1.807) is 33.9 Å². The average molecular weight is 180 g/mol. The van der Waals surface area contributed by atoms with E-state index < -0.39 is 0 Å². The Labute approximate surface area is 73.7 Å². The van der Waals surface area contributed by atoms with Gasteiger partial charge in [-0.2, -0.15) is 5.10 Å². The molecule has 2 heterocycles. The number of aromatic nitrogens is 3. The number of nitrogen functional groups attached to an aromatic ring is 1. The largest absolute Gasteiger partial charge is 0.396 e. The highest BCUT2D eigenvalue weighted by molar-refractivity contribution is 7.13. The molecule has 0 saturated heterocycles. The minimum Gasteiger partial charge on any atom is -0.396 e. The normalized spacial score (nSPS) is 10.4. The van der Waals surface area contributed by atoms with Gasteiger partial charge in [-0.1, -0.05) is 0 Å². The van der Waals surface area contributed by atoms with Crippen LogP contribution in [0.5, 0.6) is 0 Å². The summed E-state index contributed by atoms with van der Waals surface area (Å²) in [7, 11) is 1.87. The zero-order chi connectivity index (χ0) is 8.55. The van der Waals surface area contributed by atoms with Crippen molar-refractivity contribution in [2.45, 2.75) is 0 Å². The van der Waals surface area contributed by atoms with E-state index in [1.807, 2.05) is 7.05 Å². The topological polar surface area (TPSA) is 56.7 Å². The molecule has 62 valence electrons. The number of nitrogens with two attached hydrogens (primary N) is 1. The van der Waals surface area contributed by atoms with Crippen molar-refractivity contribution in [1.29, 1.82) is 0 Å². The molecule has 0 aromatic carbocycles. The van der Waals surface area contributed by atoms with Gasteiger partial charge in [-0.25, -0.2) is 0 Å². The molecule has 0 amide bonds. The van der Waals surface area contributed by atoms with Crippen LogP contribution >= 0.6 is 11.3 Å². The molecule has 2 aromatic heterocycles. The molecule has 5 heteroatoms. The van der Waals surface area contributed by atoms with Crippen molar-refractivity contribution < 1.29 is 0 Å². The Kier molecular flexibility index (Phi) is 1.58. The Bertz CT molecular complexity index is 357. The first-order valence-corrected chi connectivity index (χ1v) is 4.33. The summed E-state index contributed by atoms with van der Waals surface area (Å²) in [5.74, 6) is 0. The molecular formula is C7H8N4S. The fourth-order valence-corrected chi connectivity index (χ4v) is 1.81. The van der Waals surface area contributed by atoms with Gasteiger partial charge in [0.1, 0.15) is 5.69 Å². The quantitative estimate of drug-likeness (QED) is 0.715. The number of aryl methyl sites for hydroxylation is 1. The van der Waals surface area contributed by atoms with E-state index in [0.717, 1.165) is 10.6 Å². The summed E-state index contributed by atoms with van der Waals surface area (Å²) in [6.07, 6.45) is 3.44. The minimum atomic E-state index is 0.696. The summed E-state index contributed by atoms with van der Waals surface area (Å²) >= 11 is 1.56. The van der Waals surface area contributed by atoms with Gasteiger partial charge in [0, 0.05) is 13.2 Å². The smallest absolute Gasteiger partial charge is 0.102 e. The molecule has 0 aliphatic heterocycles. The van der Waals surface area contributed by atoms with Crippen LogP contribution in [-0.2, 0) is 7.05 Å². The fourth-order valence-electron chi connectivity index (χ4n) is 1.09. The van der Waals surface area contributed by atoms with Crippen LogP contribution in [0.15, 0.2) is 17.9 Å². The summed E-state index contributed by atoms with van der Waals surface area (Å²) in [5, 5.41) is 4.04. The second-order valence-electron chi connectivity index (χ2n) is 2.44.